The highest BCUT2D eigenvalue weighted by Gasteiger charge is 2.16. The van der Waals surface area contributed by atoms with Crippen LogP contribution in [0.2, 0.25) is 0 Å². The summed E-state index contributed by atoms with van der Waals surface area (Å²) in [6, 6.07) is 50.0. The largest absolute Gasteiger partial charge is 0.311 e. The van der Waals surface area contributed by atoms with E-state index < -0.39 is 0 Å². The van der Waals surface area contributed by atoms with Crippen molar-refractivity contribution in [2.75, 3.05) is 4.90 Å². The van der Waals surface area contributed by atoms with Crippen LogP contribution in [0.25, 0.3) is 54.3 Å². The molecule has 182 valence electrons. The zero-order valence-corrected chi connectivity index (χ0v) is 21.3. The second-order valence-corrected chi connectivity index (χ2v) is 10.0. The van der Waals surface area contributed by atoms with Crippen molar-refractivity contribution in [3.8, 4) is 11.1 Å². The van der Waals surface area contributed by atoms with Crippen LogP contribution in [0.5, 0.6) is 0 Å². The normalized spacial score (nSPS) is 11.6. The molecule has 0 N–H and O–H groups in total. The fraction of sp³-hybridized carbons (Fsp3) is 0. The summed E-state index contributed by atoms with van der Waals surface area (Å²) in [6.45, 7) is 0. The van der Waals surface area contributed by atoms with Crippen molar-refractivity contribution < 1.29 is 0 Å². The van der Waals surface area contributed by atoms with Gasteiger partial charge in [-0.15, -0.1) is 0 Å². The molecule has 2 heteroatoms. The van der Waals surface area contributed by atoms with Crippen LogP contribution in [0.4, 0.5) is 17.1 Å². The Morgan fingerprint density at radius 2 is 1.05 bits per heavy atom. The monoisotopic (exact) mass is 496 g/mol. The van der Waals surface area contributed by atoms with E-state index in [1.165, 1.54) is 48.8 Å². The average Bonchev–Trinajstić information content (AvgIpc) is 3.01. The Morgan fingerprint density at radius 1 is 0.436 bits per heavy atom. The average molecular weight is 497 g/mol. The first-order valence-electron chi connectivity index (χ1n) is 13.3. The van der Waals surface area contributed by atoms with Gasteiger partial charge >= 0.3 is 0 Å². The summed E-state index contributed by atoms with van der Waals surface area (Å²) in [4.78, 5) is 7.04. The van der Waals surface area contributed by atoms with E-state index >= 15 is 0 Å². The van der Waals surface area contributed by atoms with Gasteiger partial charge in [-0.3, -0.25) is 4.98 Å². The Labute approximate surface area is 226 Å². The van der Waals surface area contributed by atoms with Crippen LogP contribution < -0.4 is 4.90 Å². The standard InChI is InChI=1S/C37H24N2/c1-3-9-29(10-4-1)39(30-11-5-2-6-12-30)31-18-15-25(16-19-31)32-20-17-26-13-14-27-24-28-8-7-23-38-37(28)34-22-21-33(32)35(26)36(27)34/h1-24H. The van der Waals surface area contributed by atoms with Crippen molar-refractivity contribution in [2.24, 2.45) is 0 Å². The molecule has 1 heterocycles. The molecule has 2 nitrogen and oxygen atoms in total. The number of pyridine rings is 1. The maximum atomic E-state index is 4.74. The molecule has 7 aromatic carbocycles. The third kappa shape index (κ3) is 3.46. The summed E-state index contributed by atoms with van der Waals surface area (Å²) >= 11 is 0. The third-order valence-electron chi connectivity index (χ3n) is 7.82. The van der Waals surface area contributed by atoms with Crippen LogP contribution in [0, 0.1) is 0 Å². The van der Waals surface area contributed by atoms with E-state index in [4.69, 9.17) is 4.98 Å². The van der Waals surface area contributed by atoms with Gasteiger partial charge in [0.1, 0.15) is 0 Å². The van der Waals surface area contributed by atoms with Crippen LogP contribution in [0.15, 0.2) is 146 Å². The second-order valence-electron chi connectivity index (χ2n) is 10.0. The number of nitrogens with zero attached hydrogens (tertiary/aromatic N) is 2. The molecule has 0 radical (unpaired) electrons. The van der Waals surface area contributed by atoms with Gasteiger partial charge in [-0.25, -0.2) is 0 Å². The van der Waals surface area contributed by atoms with Crippen LogP contribution in [0.1, 0.15) is 0 Å². The van der Waals surface area contributed by atoms with Crippen LogP contribution in [-0.2, 0) is 0 Å². The van der Waals surface area contributed by atoms with Crippen LogP contribution >= 0.6 is 0 Å². The first-order chi connectivity index (χ1) is 19.3. The molecule has 0 fully saturated rings. The van der Waals surface area contributed by atoms with Gasteiger partial charge in [0.05, 0.1) is 5.52 Å². The molecule has 0 aliphatic rings. The molecule has 8 rings (SSSR count). The molecule has 0 spiro atoms. The lowest BCUT2D eigenvalue weighted by atomic mass is 9.89. The SMILES string of the molecule is c1ccc(N(c2ccccc2)c2ccc(-c3ccc4ccc5cc6cccnc6c6ccc3c4c56)cc2)cc1. The van der Waals surface area contributed by atoms with E-state index in [-0.39, 0.29) is 0 Å². The van der Waals surface area contributed by atoms with Crippen molar-refractivity contribution in [3.63, 3.8) is 0 Å². The van der Waals surface area contributed by atoms with E-state index in [0.29, 0.717) is 0 Å². The van der Waals surface area contributed by atoms with Gasteiger partial charge in [0.15, 0.2) is 0 Å². The van der Waals surface area contributed by atoms with Gasteiger partial charge in [-0.2, -0.15) is 0 Å². The number of aromatic nitrogens is 1. The molecule has 39 heavy (non-hydrogen) atoms. The van der Waals surface area contributed by atoms with E-state index in [2.05, 4.69) is 138 Å². The highest BCUT2D eigenvalue weighted by molar-refractivity contribution is 6.29. The number of hydrogen-bond acceptors (Lipinski definition) is 2. The molecular formula is C37H24N2. The lowest BCUT2D eigenvalue weighted by Gasteiger charge is -2.25. The fourth-order valence-electron chi connectivity index (χ4n) is 6.06. The molecule has 0 amide bonds. The van der Waals surface area contributed by atoms with Gasteiger partial charge in [-0.05, 0) is 86.6 Å². The number of anilines is 3. The minimum Gasteiger partial charge on any atom is -0.311 e. The van der Waals surface area contributed by atoms with Gasteiger partial charge < -0.3 is 4.90 Å². The lowest BCUT2D eigenvalue weighted by molar-refractivity contribution is 1.28. The van der Waals surface area contributed by atoms with Crippen molar-refractivity contribution in [1.82, 2.24) is 4.98 Å². The Morgan fingerprint density at radius 3 is 1.79 bits per heavy atom. The van der Waals surface area contributed by atoms with E-state index in [1.807, 2.05) is 12.3 Å². The van der Waals surface area contributed by atoms with Gasteiger partial charge in [0, 0.05) is 34.0 Å². The van der Waals surface area contributed by atoms with Crippen LogP contribution in [-0.4, -0.2) is 4.98 Å². The number of rotatable bonds is 4. The van der Waals surface area contributed by atoms with Crippen molar-refractivity contribution in [1.29, 1.82) is 0 Å². The van der Waals surface area contributed by atoms with Gasteiger partial charge in [-0.1, -0.05) is 91.0 Å². The maximum absolute atomic E-state index is 4.74. The minimum atomic E-state index is 1.07. The molecule has 0 atom stereocenters. The Hall–Kier alpha value is -5.21. The molecule has 8 aromatic rings. The minimum absolute atomic E-state index is 1.07. The number of fused-ring (bicyclic) bond motifs is 2. The van der Waals surface area contributed by atoms with Crippen molar-refractivity contribution >= 4 is 60.3 Å². The van der Waals surface area contributed by atoms with Crippen LogP contribution in [0.3, 0.4) is 0 Å². The van der Waals surface area contributed by atoms with Crippen molar-refractivity contribution in [3.05, 3.63) is 146 Å². The number of para-hydroxylation sites is 2. The summed E-state index contributed by atoms with van der Waals surface area (Å²) in [5, 5.41) is 8.81. The fourth-order valence-corrected chi connectivity index (χ4v) is 6.06. The predicted molar refractivity (Wildman–Crippen MR) is 166 cm³/mol. The third-order valence-corrected chi connectivity index (χ3v) is 7.82. The number of hydrogen-bond donors (Lipinski definition) is 0. The summed E-state index contributed by atoms with van der Waals surface area (Å²) < 4.78 is 0. The molecule has 0 aliphatic carbocycles. The van der Waals surface area contributed by atoms with E-state index in [0.717, 1.165) is 22.6 Å². The highest BCUT2D eigenvalue weighted by atomic mass is 15.1. The molecular weight excluding hydrogens is 472 g/mol. The molecule has 0 bridgehead atoms. The van der Waals surface area contributed by atoms with E-state index in [9.17, 15) is 0 Å². The first kappa shape index (κ1) is 21.8. The zero-order chi connectivity index (χ0) is 25.8. The van der Waals surface area contributed by atoms with Gasteiger partial charge in [0.2, 0.25) is 0 Å². The maximum Gasteiger partial charge on any atom is 0.0780 e. The zero-order valence-electron chi connectivity index (χ0n) is 21.3. The number of benzene rings is 7. The second kappa shape index (κ2) is 8.68. The lowest BCUT2D eigenvalue weighted by Crippen LogP contribution is -2.09. The van der Waals surface area contributed by atoms with Crippen molar-refractivity contribution in [2.45, 2.75) is 0 Å². The molecule has 0 unspecified atom stereocenters. The molecule has 0 saturated heterocycles. The molecule has 0 saturated carbocycles. The van der Waals surface area contributed by atoms with E-state index in [1.54, 1.807) is 0 Å². The molecule has 0 aliphatic heterocycles. The predicted octanol–water partition coefficient (Wildman–Crippen LogP) is 10.3. The Kier molecular flexibility index (Phi) is 4.86. The summed E-state index contributed by atoms with van der Waals surface area (Å²) in [7, 11) is 0. The Bertz CT molecular complexity index is 2060. The highest BCUT2D eigenvalue weighted by Crippen LogP contribution is 2.42. The quantitative estimate of drug-likeness (QED) is 0.178. The summed E-state index contributed by atoms with van der Waals surface area (Å²) in [5.74, 6) is 0. The summed E-state index contributed by atoms with van der Waals surface area (Å²) in [5.41, 5.74) is 6.93. The van der Waals surface area contributed by atoms with Gasteiger partial charge in [0.25, 0.3) is 0 Å². The Balaban J connectivity index is 1.30. The summed E-state index contributed by atoms with van der Waals surface area (Å²) in [6.07, 6.45) is 1.89. The first-order valence-corrected chi connectivity index (χ1v) is 13.3. The smallest absolute Gasteiger partial charge is 0.0780 e. The topological polar surface area (TPSA) is 16.1 Å². The molecule has 1 aromatic heterocycles.